The third kappa shape index (κ3) is 3.09. The minimum absolute atomic E-state index is 0.0366. The van der Waals surface area contributed by atoms with E-state index in [1.807, 2.05) is 13.0 Å². The summed E-state index contributed by atoms with van der Waals surface area (Å²) in [6.07, 6.45) is 3.42. The molecule has 1 aliphatic carbocycles. The number of benzene rings is 1. The van der Waals surface area contributed by atoms with Crippen molar-refractivity contribution in [1.82, 2.24) is 0 Å². The van der Waals surface area contributed by atoms with E-state index in [9.17, 15) is 4.79 Å². The van der Waals surface area contributed by atoms with E-state index >= 15 is 0 Å². The molecular formula is C14H19BrN2O2. The van der Waals surface area contributed by atoms with Gasteiger partial charge in [0.25, 0.3) is 0 Å². The molecule has 1 fully saturated rings. The number of anilines is 2. The lowest BCUT2D eigenvalue weighted by atomic mass is 9.77. The van der Waals surface area contributed by atoms with E-state index in [0.29, 0.717) is 17.8 Å². The van der Waals surface area contributed by atoms with Crippen molar-refractivity contribution in [2.45, 2.75) is 38.2 Å². The maximum atomic E-state index is 12.1. The molecule has 0 unspecified atom stereocenters. The number of nitrogens with two attached hydrogens (primary N) is 1. The van der Waals surface area contributed by atoms with Crippen molar-refractivity contribution in [2.24, 2.45) is 0 Å². The van der Waals surface area contributed by atoms with Gasteiger partial charge in [-0.05, 0) is 59.8 Å². The van der Waals surface area contributed by atoms with Gasteiger partial charge in [-0.3, -0.25) is 4.79 Å². The predicted octanol–water partition coefficient (Wildman–Crippen LogP) is 3.24. The van der Waals surface area contributed by atoms with E-state index in [0.717, 1.165) is 29.3 Å². The van der Waals surface area contributed by atoms with E-state index in [1.165, 1.54) is 0 Å². The predicted molar refractivity (Wildman–Crippen MR) is 80.1 cm³/mol. The van der Waals surface area contributed by atoms with Gasteiger partial charge in [-0.2, -0.15) is 0 Å². The van der Waals surface area contributed by atoms with Gasteiger partial charge in [0, 0.05) is 17.3 Å². The summed E-state index contributed by atoms with van der Waals surface area (Å²) >= 11 is 3.44. The largest absolute Gasteiger partial charge is 0.398 e. The van der Waals surface area contributed by atoms with Crippen molar-refractivity contribution in [1.29, 1.82) is 0 Å². The van der Waals surface area contributed by atoms with Gasteiger partial charge in [-0.15, -0.1) is 0 Å². The highest BCUT2D eigenvalue weighted by Gasteiger charge is 2.39. The van der Waals surface area contributed by atoms with Crippen LogP contribution in [-0.2, 0) is 9.53 Å². The molecule has 19 heavy (non-hydrogen) atoms. The van der Waals surface area contributed by atoms with Gasteiger partial charge in [0.15, 0.2) is 0 Å². The summed E-state index contributed by atoms with van der Waals surface area (Å²) in [7, 11) is 1.67. The second-order valence-corrected chi connectivity index (χ2v) is 6.01. The Balaban J connectivity index is 2.05. The molecule has 0 atom stereocenters. The lowest BCUT2D eigenvalue weighted by molar-refractivity contribution is -0.129. The van der Waals surface area contributed by atoms with E-state index in [2.05, 4.69) is 21.2 Å². The molecule has 1 aliphatic rings. The number of nitrogen functional groups attached to an aromatic ring is 1. The van der Waals surface area contributed by atoms with Crippen LogP contribution >= 0.6 is 15.9 Å². The molecule has 1 aromatic rings. The topological polar surface area (TPSA) is 64.3 Å². The van der Waals surface area contributed by atoms with Crippen molar-refractivity contribution in [3.05, 3.63) is 22.2 Å². The number of amides is 1. The summed E-state index contributed by atoms with van der Waals surface area (Å²) < 4.78 is 6.30. The maximum Gasteiger partial charge on any atom is 0.227 e. The Bertz CT molecular complexity index is 493. The molecule has 4 nitrogen and oxygen atoms in total. The second-order valence-electron chi connectivity index (χ2n) is 5.15. The summed E-state index contributed by atoms with van der Waals surface area (Å²) in [4.78, 5) is 12.1. The maximum absolute atomic E-state index is 12.1. The number of halogens is 1. The zero-order chi connectivity index (χ0) is 14.0. The number of hydrogen-bond acceptors (Lipinski definition) is 3. The number of carbonyl (C=O) groups is 1. The SMILES string of the molecule is COC1(CC(=O)Nc2cc(N)c(C)cc2Br)CCC1. The number of carbonyl (C=O) groups excluding carboxylic acids is 1. The Hall–Kier alpha value is -1.07. The molecule has 0 radical (unpaired) electrons. The van der Waals surface area contributed by atoms with E-state index in [-0.39, 0.29) is 11.5 Å². The zero-order valence-electron chi connectivity index (χ0n) is 11.3. The fraction of sp³-hybridized carbons (Fsp3) is 0.500. The molecule has 0 heterocycles. The van der Waals surface area contributed by atoms with Gasteiger partial charge in [0.1, 0.15) is 0 Å². The average molecular weight is 327 g/mol. The van der Waals surface area contributed by atoms with E-state index in [4.69, 9.17) is 10.5 Å². The van der Waals surface area contributed by atoms with Gasteiger partial charge >= 0.3 is 0 Å². The minimum Gasteiger partial charge on any atom is -0.398 e. The van der Waals surface area contributed by atoms with Gasteiger partial charge in [0.05, 0.1) is 17.7 Å². The zero-order valence-corrected chi connectivity index (χ0v) is 12.8. The average Bonchev–Trinajstić information content (AvgIpc) is 2.31. The van der Waals surface area contributed by atoms with Crippen LogP contribution < -0.4 is 11.1 Å². The van der Waals surface area contributed by atoms with Gasteiger partial charge in [0.2, 0.25) is 5.91 Å². The fourth-order valence-electron chi connectivity index (χ4n) is 2.30. The van der Waals surface area contributed by atoms with E-state index in [1.54, 1.807) is 13.2 Å². The van der Waals surface area contributed by atoms with Crippen molar-refractivity contribution in [3.8, 4) is 0 Å². The Morgan fingerprint density at radius 2 is 2.21 bits per heavy atom. The Morgan fingerprint density at radius 3 is 2.74 bits per heavy atom. The molecule has 0 aromatic heterocycles. The first kappa shape index (κ1) is 14.3. The molecule has 5 heteroatoms. The van der Waals surface area contributed by atoms with Crippen LogP contribution in [0.1, 0.15) is 31.2 Å². The summed E-state index contributed by atoms with van der Waals surface area (Å²) in [6.45, 7) is 1.93. The van der Waals surface area contributed by atoms with Gasteiger partial charge < -0.3 is 15.8 Å². The third-order valence-corrected chi connectivity index (χ3v) is 4.47. The smallest absolute Gasteiger partial charge is 0.227 e. The minimum atomic E-state index is -0.257. The standard InChI is InChI=1S/C14H19BrN2O2/c1-9-6-10(15)12(7-11(9)16)17-13(18)8-14(19-2)4-3-5-14/h6-7H,3-5,8,16H2,1-2H3,(H,17,18). The normalized spacial score (nSPS) is 16.8. The quantitative estimate of drug-likeness (QED) is 0.835. The first-order valence-corrected chi connectivity index (χ1v) is 7.16. The Kier molecular flexibility index (Phi) is 4.16. The third-order valence-electron chi connectivity index (χ3n) is 3.81. The van der Waals surface area contributed by atoms with Crippen LogP contribution in [0.3, 0.4) is 0 Å². The molecule has 0 spiro atoms. The molecule has 3 N–H and O–H groups in total. The second kappa shape index (κ2) is 5.51. The summed E-state index contributed by atoms with van der Waals surface area (Å²) in [5.74, 6) is -0.0366. The lowest BCUT2D eigenvalue weighted by Crippen LogP contribution is -2.42. The molecule has 0 saturated heterocycles. The Morgan fingerprint density at radius 1 is 1.53 bits per heavy atom. The number of ether oxygens (including phenoxy) is 1. The molecule has 2 rings (SSSR count). The summed E-state index contributed by atoms with van der Waals surface area (Å²) in [5, 5.41) is 2.89. The molecule has 1 saturated carbocycles. The first-order chi connectivity index (χ1) is 8.96. The van der Waals surface area contributed by atoms with Crippen molar-refractivity contribution >= 4 is 33.2 Å². The number of hydrogen-bond donors (Lipinski definition) is 2. The van der Waals surface area contributed by atoms with Crippen molar-refractivity contribution in [2.75, 3.05) is 18.2 Å². The van der Waals surface area contributed by atoms with Crippen LogP contribution in [0.15, 0.2) is 16.6 Å². The molecule has 104 valence electrons. The van der Waals surface area contributed by atoms with E-state index < -0.39 is 0 Å². The van der Waals surface area contributed by atoms with Crippen LogP contribution in [-0.4, -0.2) is 18.6 Å². The number of aryl methyl sites for hydroxylation is 1. The highest BCUT2D eigenvalue weighted by molar-refractivity contribution is 9.10. The first-order valence-electron chi connectivity index (χ1n) is 6.36. The monoisotopic (exact) mass is 326 g/mol. The number of methoxy groups -OCH3 is 1. The highest BCUT2D eigenvalue weighted by atomic mass is 79.9. The van der Waals surface area contributed by atoms with Crippen LogP contribution in [0.25, 0.3) is 0 Å². The number of rotatable bonds is 4. The van der Waals surface area contributed by atoms with Crippen LogP contribution in [0.4, 0.5) is 11.4 Å². The van der Waals surface area contributed by atoms with Crippen LogP contribution in [0.2, 0.25) is 0 Å². The molecule has 0 aliphatic heterocycles. The van der Waals surface area contributed by atoms with Gasteiger partial charge in [-0.25, -0.2) is 0 Å². The lowest BCUT2D eigenvalue weighted by Gasteiger charge is -2.39. The molecular weight excluding hydrogens is 308 g/mol. The summed E-state index contributed by atoms with van der Waals surface area (Å²) in [5.41, 5.74) is 7.96. The van der Waals surface area contributed by atoms with Crippen molar-refractivity contribution < 1.29 is 9.53 Å². The number of nitrogens with one attached hydrogen (secondary N) is 1. The fourth-order valence-corrected chi connectivity index (χ4v) is 2.85. The highest BCUT2D eigenvalue weighted by Crippen LogP contribution is 2.38. The summed E-state index contributed by atoms with van der Waals surface area (Å²) in [6, 6.07) is 3.68. The molecule has 0 bridgehead atoms. The van der Waals surface area contributed by atoms with Crippen LogP contribution in [0.5, 0.6) is 0 Å². The molecule has 1 aromatic carbocycles. The Labute approximate surface area is 121 Å². The van der Waals surface area contributed by atoms with Gasteiger partial charge in [-0.1, -0.05) is 0 Å². The molecule has 1 amide bonds. The van der Waals surface area contributed by atoms with Crippen molar-refractivity contribution in [3.63, 3.8) is 0 Å². The van der Waals surface area contributed by atoms with Crippen LogP contribution in [0, 0.1) is 6.92 Å².